The van der Waals surface area contributed by atoms with Crippen LogP contribution in [0.15, 0.2) is 40.8 Å². The van der Waals surface area contributed by atoms with Crippen LogP contribution in [0.5, 0.6) is 0 Å². The normalized spacial score (nSPS) is 17.0. The Morgan fingerprint density at radius 3 is 2.54 bits per heavy atom. The van der Waals surface area contributed by atoms with Gasteiger partial charge in [0.25, 0.3) is 5.91 Å². The first-order valence-electron chi connectivity index (χ1n) is 7.88. The van der Waals surface area contributed by atoms with Crippen LogP contribution < -0.4 is 10.6 Å². The minimum Gasteiger partial charge on any atom is -0.456 e. The van der Waals surface area contributed by atoms with E-state index in [1.807, 2.05) is 19.1 Å². The number of rotatable bonds is 5. The molecule has 1 aliphatic rings. The van der Waals surface area contributed by atoms with Gasteiger partial charge in [-0.1, -0.05) is 19.1 Å². The van der Waals surface area contributed by atoms with Crippen molar-refractivity contribution in [1.82, 2.24) is 5.32 Å². The first kappa shape index (κ1) is 16.0. The average Bonchev–Trinajstić information content (AvgIpc) is 3.16. The first-order chi connectivity index (χ1) is 11.5. The van der Waals surface area contributed by atoms with E-state index >= 15 is 0 Å². The van der Waals surface area contributed by atoms with Gasteiger partial charge in [0.2, 0.25) is 11.8 Å². The van der Waals surface area contributed by atoms with Crippen LogP contribution in [-0.4, -0.2) is 17.7 Å². The minimum atomic E-state index is -0.312. The van der Waals surface area contributed by atoms with Gasteiger partial charge in [0.15, 0.2) is 5.76 Å². The van der Waals surface area contributed by atoms with Gasteiger partial charge >= 0.3 is 0 Å². The number of hydrogen-bond acceptors (Lipinski definition) is 4. The lowest BCUT2D eigenvalue weighted by molar-refractivity contribution is -0.125. The molecular formula is C18H18N2O4. The number of benzene rings is 1. The summed E-state index contributed by atoms with van der Waals surface area (Å²) in [4.78, 5) is 34.9. The fraction of sp³-hybridized carbons (Fsp3) is 0.278. The Morgan fingerprint density at radius 1 is 1.21 bits per heavy atom. The second-order valence-corrected chi connectivity index (χ2v) is 5.79. The maximum Gasteiger partial charge on any atom is 0.291 e. The third-order valence-corrected chi connectivity index (χ3v) is 3.99. The van der Waals surface area contributed by atoms with Crippen molar-refractivity contribution in [3.8, 4) is 0 Å². The molecule has 2 heterocycles. The molecule has 1 atom stereocenters. The molecule has 1 fully saturated rings. The second kappa shape index (κ2) is 6.70. The van der Waals surface area contributed by atoms with Crippen molar-refractivity contribution in [3.63, 3.8) is 0 Å². The molecule has 3 amide bonds. The number of imide groups is 1. The van der Waals surface area contributed by atoms with Gasteiger partial charge in [0.1, 0.15) is 5.76 Å². The molecule has 6 heteroatoms. The molecule has 0 saturated carbocycles. The van der Waals surface area contributed by atoms with Crippen LogP contribution in [0.1, 0.15) is 35.2 Å². The highest BCUT2D eigenvalue weighted by molar-refractivity contribution is 6.03. The molecule has 2 aromatic rings. The molecule has 1 aromatic heterocycles. The van der Waals surface area contributed by atoms with Crippen molar-refractivity contribution in [1.29, 1.82) is 0 Å². The van der Waals surface area contributed by atoms with E-state index in [0.29, 0.717) is 12.1 Å². The number of amides is 3. The number of hydrogen-bond donors (Lipinski definition) is 2. The predicted molar refractivity (Wildman–Crippen MR) is 87.4 cm³/mol. The topological polar surface area (TPSA) is 88.4 Å². The molecule has 1 saturated heterocycles. The van der Waals surface area contributed by atoms with Gasteiger partial charge in [0.05, 0.1) is 5.92 Å². The maximum atomic E-state index is 12.1. The first-order valence-corrected chi connectivity index (χ1v) is 7.88. The smallest absolute Gasteiger partial charge is 0.291 e. The molecule has 2 N–H and O–H groups in total. The number of anilines is 1. The van der Waals surface area contributed by atoms with Crippen molar-refractivity contribution in [2.75, 3.05) is 5.32 Å². The summed E-state index contributed by atoms with van der Waals surface area (Å²) in [7, 11) is 0. The molecule has 0 aliphatic carbocycles. The summed E-state index contributed by atoms with van der Waals surface area (Å²) < 4.78 is 5.41. The van der Waals surface area contributed by atoms with E-state index in [1.165, 1.54) is 0 Å². The quantitative estimate of drug-likeness (QED) is 0.825. The summed E-state index contributed by atoms with van der Waals surface area (Å²) in [5.74, 6) is -0.0191. The third-order valence-electron chi connectivity index (χ3n) is 3.99. The summed E-state index contributed by atoms with van der Waals surface area (Å²) in [6.45, 7) is 1.96. The lowest BCUT2D eigenvalue weighted by atomic mass is 9.98. The van der Waals surface area contributed by atoms with E-state index in [2.05, 4.69) is 10.6 Å². The molecule has 1 aromatic carbocycles. The summed E-state index contributed by atoms with van der Waals surface area (Å²) >= 11 is 0. The van der Waals surface area contributed by atoms with Gasteiger partial charge in [-0.2, -0.15) is 0 Å². The van der Waals surface area contributed by atoms with Crippen LogP contribution in [0.2, 0.25) is 0 Å². The van der Waals surface area contributed by atoms with Crippen LogP contribution in [0.25, 0.3) is 0 Å². The lowest BCUT2D eigenvalue weighted by Crippen LogP contribution is -2.22. The van der Waals surface area contributed by atoms with Gasteiger partial charge in [-0.15, -0.1) is 0 Å². The van der Waals surface area contributed by atoms with E-state index in [-0.39, 0.29) is 35.8 Å². The van der Waals surface area contributed by atoms with Gasteiger partial charge in [-0.05, 0) is 36.2 Å². The Labute approximate surface area is 139 Å². The fourth-order valence-corrected chi connectivity index (χ4v) is 2.66. The van der Waals surface area contributed by atoms with Gasteiger partial charge in [-0.3, -0.25) is 19.7 Å². The molecule has 0 unspecified atom stereocenters. The van der Waals surface area contributed by atoms with Crippen molar-refractivity contribution in [2.45, 2.75) is 26.2 Å². The highest BCUT2D eigenvalue weighted by atomic mass is 16.3. The Bertz CT molecular complexity index is 777. The molecule has 0 bridgehead atoms. The molecule has 0 spiro atoms. The summed E-state index contributed by atoms with van der Waals surface area (Å²) in [6, 6.07) is 10.7. The molecule has 3 rings (SSSR count). The standard InChI is InChI=1S/C18H18N2O4/c1-2-14-7-8-15(24-14)18(23)19-13-5-3-11(4-6-13)9-12-10-16(21)20-17(12)22/h3-8,12H,2,9-10H2,1H3,(H,19,23)(H,20,21,22)/t12-/m1/s1. The average molecular weight is 326 g/mol. The van der Waals surface area contributed by atoms with Gasteiger partial charge in [-0.25, -0.2) is 0 Å². The molecule has 24 heavy (non-hydrogen) atoms. The zero-order chi connectivity index (χ0) is 17.1. The Hall–Kier alpha value is -2.89. The van der Waals surface area contributed by atoms with Crippen LogP contribution >= 0.6 is 0 Å². The summed E-state index contributed by atoms with van der Waals surface area (Å²) in [5.41, 5.74) is 1.58. The monoisotopic (exact) mass is 326 g/mol. The van der Waals surface area contributed by atoms with Crippen LogP contribution in [-0.2, 0) is 22.4 Å². The minimum absolute atomic E-state index is 0.220. The number of aryl methyl sites for hydroxylation is 1. The number of furan rings is 1. The zero-order valence-corrected chi connectivity index (χ0v) is 13.3. The van der Waals surface area contributed by atoms with Gasteiger partial charge < -0.3 is 9.73 Å². The van der Waals surface area contributed by atoms with E-state index in [4.69, 9.17) is 4.42 Å². The highest BCUT2D eigenvalue weighted by Crippen LogP contribution is 2.19. The van der Waals surface area contributed by atoms with Crippen LogP contribution in [0, 0.1) is 5.92 Å². The van der Waals surface area contributed by atoms with E-state index in [0.717, 1.165) is 17.7 Å². The SMILES string of the molecule is CCc1ccc(C(=O)Nc2ccc(C[C@@H]3CC(=O)NC3=O)cc2)o1. The van der Waals surface area contributed by atoms with E-state index < -0.39 is 0 Å². The summed E-state index contributed by atoms with van der Waals surface area (Å²) in [5, 5.41) is 5.07. The molecule has 1 aliphatic heterocycles. The molecule has 124 valence electrons. The van der Waals surface area contributed by atoms with Crippen molar-refractivity contribution < 1.29 is 18.8 Å². The number of carbonyl (C=O) groups is 3. The second-order valence-electron chi connectivity index (χ2n) is 5.79. The Kier molecular flexibility index (Phi) is 4.46. The molecular weight excluding hydrogens is 308 g/mol. The van der Waals surface area contributed by atoms with Crippen molar-refractivity contribution in [3.05, 3.63) is 53.5 Å². The Morgan fingerprint density at radius 2 is 1.96 bits per heavy atom. The summed E-state index contributed by atoms with van der Waals surface area (Å²) in [6.07, 6.45) is 1.47. The largest absolute Gasteiger partial charge is 0.456 e. The lowest BCUT2D eigenvalue weighted by Gasteiger charge is -2.08. The van der Waals surface area contributed by atoms with E-state index in [1.54, 1.807) is 24.3 Å². The molecule has 6 nitrogen and oxygen atoms in total. The van der Waals surface area contributed by atoms with Crippen molar-refractivity contribution >= 4 is 23.4 Å². The van der Waals surface area contributed by atoms with Crippen LogP contribution in [0.3, 0.4) is 0 Å². The zero-order valence-electron chi connectivity index (χ0n) is 13.3. The maximum absolute atomic E-state index is 12.1. The van der Waals surface area contributed by atoms with Gasteiger partial charge in [0, 0.05) is 18.5 Å². The van der Waals surface area contributed by atoms with E-state index in [9.17, 15) is 14.4 Å². The molecule has 0 radical (unpaired) electrons. The predicted octanol–water partition coefficient (Wildman–Crippen LogP) is 2.30. The highest BCUT2D eigenvalue weighted by Gasteiger charge is 2.30. The van der Waals surface area contributed by atoms with Crippen LogP contribution in [0.4, 0.5) is 5.69 Å². The fourth-order valence-electron chi connectivity index (χ4n) is 2.66. The third kappa shape index (κ3) is 3.53. The number of carbonyl (C=O) groups excluding carboxylic acids is 3. The Balaban J connectivity index is 1.61. The van der Waals surface area contributed by atoms with Crippen molar-refractivity contribution in [2.24, 2.45) is 5.92 Å². The number of nitrogens with one attached hydrogen (secondary N) is 2.